The number of rotatable bonds is 0. The van der Waals surface area contributed by atoms with Gasteiger partial charge in [0.05, 0.1) is 0 Å². The highest BCUT2D eigenvalue weighted by Gasteiger charge is 2.68. The van der Waals surface area contributed by atoms with Gasteiger partial charge in [-0.2, -0.15) is 0 Å². The lowest BCUT2D eigenvalue weighted by atomic mass is 9.81. The van der Waals surface area contributed by atoms with Crippen molar-refractivity contribution in [2.75, 3.05) is 0 Å². The molecule has 0 saturated heterocycles. The van der Waals surface area contributed by atoms with Crippen molar-refractivity contribution in [3.05, 3.63) is 46.5 Å². The van der Waals surface area contributed by atoms with Crippen LogP contribution >= 0.6 is 0 Å². The molecule has 0 aromatic heterocycles. The van der Waals surface area contributed by atoms with Crippen molar-refractivity contribution >= 4 is 9.05 Å². The second kappa shape index (κ2) is 6.94. The Labute approximate surface area is 201 Å². The van der Waals surface area contributed by atoms with Crippen LogP contribution in [0.5, 0.6) is 23.0 Å². The van der Waals surface area contributed by atoms with E-state index in [1.807, 2.05) is 0 Å². The topological polar surface area (TPSA) is 36.9 Å². The molecule has 1 spiro atoms. The fourth-order valence-corrected chi connectivity index (χ4v) is 6.58. The van der Waals surface area contributed by atoms with E-state index in [4.69, 9.17) is 17.7 Å². The van der Waals surface area contributed by atoms with E-state index in [0.717, 1.165) is 45.3 Å². The first-order valence-corrected chi connectivity index (χ1v) is 13.6. The number of hydrogen-bond donors (Lipinski definition) is 0. The molecule has 2 aromatic rings. The molecule has 33 heavy (non-hydrogen) atoms. The molecule has 180 valence electrons. The quantitative estimate of drug-likeness (QED) is 0.374. The first-order chi connectivity index (χ1) is 14.8. The second-order valence-electron chi connectivity index (χ2n) is 13.5. The van der Waals surface area contributed by atoms with Gasteiger partial charge in [-0.15, -0.1) is 0 Å². The predicted molar refractivity (Wildman–Crippen MR) is 136 cm³/mol. The smallest absolute Gasteiger partial charge is 0.448 e. The Balaban J connectivity index is 1.88. The summed E-state index contributed by atoms with van der Waals surface area (Å²) >= 11 is 0. The third-order valence-electron chi connectivity index (χ3n) is 6.36. The third kappa shape index (κ3) is 4.03. The molecule has 2 aromatic carbocycles. The zero-order valence-corrected chi connectivity index (χ0v) is 23.4. The van der Waals surface area contributed by atoms with Gasteiger partial charge in [0.1, 0.15) is 0 Å². The van der Waals surface area contributed by atoms with E-state index >= 15 is 0 Å². The van der Waals surface area contributed by atoms with Crippen LogP contribution in [0.3, 0.4) is 0 Å². The van der Waals surface area contributed by atoms with Crippen LogP contribution in [0.15, 0.2) is 24.3 Å². The van der Waals surface area contributed by atoms with Crippen molar-refractivity contribution in [3.8, 4) is 23.0 Å². The van der Waals surface area contributed by atoms with Gasteiger partial charge in [-0.25, -0.2) is 0 Å². The van der Waals surface area contributed by atoms with Crippen molar-refractivity contribution in [1.82, 2.24) is 0 Å². The average Bonchev–Trinajstić information content (AvgIpc) is 3.15. The summed E-state index contributed by atoms with van der Waals surface area (Å²) in [5, 5.41) is 0. The monoisotopic (exact) mass is 468 g/mol. The highest BCUT2D eigenvalue weighted by atomic mass is 28.4. The highest BCUT2D eigenvalue weighted by molar-refractivity contribution is 6.59. The fraction of sp³-hybridized carbons (Fsp3) is 0.571. The SMILES string of the molecule is CC(C)(C)c1ccc(C(C)(C)C)c2c1O[Si]1(O2)Oc2c(C(C)(C)C)ccc(C(C)(C)C)c2O1. The Kier molecular flexibility index (Phi) is 5.05. The fourth-order valence-electron chi connectivity index (χ4n) is 4.52. The van der Waals surface area contributed by atoms with Crippen molar-refractivity contribution in [1.29, 1.82) is 0 Å². The van der Waals surface area contributed by atoms with Crippen molar-refractivity contribution in [3.63, 3.8) is 0 Å². The second-order valence-corrected chi connectivity index (χ2v) is 15.4. The summed E-state index contributed by atoms with van der Waals surface area (Å²) < 4.78 is 26.6. The molecule has 0 bridgehead atoms. The molecule has 4 rings (SSSR count). The highest BCUT2D eigenvalue weighted by Crippen LogP contribution is 2.55. The average molecular weight is 469 g/mol. The molecule has 0 fully saturated rings. The lowest BCUT2D eigenvalue weighted by Gasteiger charge is -2.25. The lowest BCUT2D eigenvalue weighted by molar-refractivity contribution is 0.220. The lowest BCUT2D eigenvalue weighted by Crippen LogP contribution is -2.55. The van der Waals surface area contributed by atoms with E-state index in [0.29, 0.717) is 0 Å². The molecule has 0 atom stereocenters. The maximum Gasteiger partial charge on any atom is 0.967 e. The molecular weight excluding hydrogens is 428 g/mol. The van der Waals surface area contributed by atoms with E-state index in [-0.39, 0.29) is 21.7 Å². The summed E-state index contributed by atoms with van der Waals surface area (Å²) in [7, 11) is -3.52. The predicted octanol–water partition coefficient (Wildman–Crippen LogP) is 7.55. The van der Waals surface area contributed by atoms with E-state index in [1.54, 1.807) is 0 Å². The molecule has 2 heterocycles. The summed E-state index contributed by atoms with van der Waals surface area (Å²) in [6, 6.07) is 8.66. The van der Waals surface area contributed by atoms with Crippen LogP contribution in [0.25, 0.3) is 0 Å². The van der Waals surface area contributed by atoms with Gasteiger partial charge in [-0.05, 0) is 21.7 Å². The van der Waals surface area contributed by atoms with Gasteiger partial charge < -0.3 is 17.7 Å². The number of benzene rings is 2. The minimum absolute atomic E-state index is 0.109. The van der Waals surface area contributed by atoms with Gasteiger partial charge in [-0.3, -0.25) is 0 Å². The van der Waals surface area contributed by atoms with Crippen LogP contribution in [-0.4, -0.2) is 9.05 Å². The van der Waals surface area contributed by atoms with Crippen LogP contribution < -0.4 is 17.7 Å². The van der Waals surface area contributed by atoms with Crippen molar-refractivity contribution in [2.24, 2.45) is 0 Å². The Bertz CT molecular complexity index is 926. The first-order valence-electron chi connectivity index (χ1n) is 12.0. The Hall–Kier alpha value is -2.14. The number of fused-ring (bicyclic) bond motifs is 2. The minimum atomic E-state index is -3.52. The van der Waals surface area contributed by atoms with Gasteiger partial charge >= 0.3 is 9.05 Å². The van der Waals surface area contributed by atoms with Gasteiger partial charge in [-0.1, -0.05) is 107 Å². The normalized spacial score (nSPS) is 17.1. The molecule has 0 radical (unpaired) electrons. The van der Waals surface area contributed by atoms with Gasteiger partial charge in [0.15, 0.2) is 23.0 Å². The molecule has 0 unspecified atom stereocenters. The molecule has 4 nitrogen and oxygen atoms in total. The van der Waals surface area contributed by atoms with Crippen LogP contribution in [0.4, 0.5) is 0 Å². The Morgan fingerprint density at radius 2 is 0.576 bits per heavy atom. The molecule has 0 amide bonds. The summed E-state index contributed by atoms with van der Waals surface area (Å²) in [6.45, 7) is 26.3. The molecule has 0 saturated carbocycles. The van der Waals surface area contributed by atoms with Gasteiger partial charge in [0.2, 0.25) is 0 Å². The molecule has 2 aliphatic rings. The summed E-state index contributed by atoms with van der Waals surface area (Å²) in [4.78, 5) is 0. The Morgan fingerprint density at radius 1 is 0.394 bits per heavy atom. The van der Waals surface area contributed by atoms with Crippen molar-refractivity contribution < 1.29 is 17.7 Å². The zero-order valence-electron chi connectivity index (χ0n) is 22.4. The van der Waals surface area contributed by atoms with E-state index in [2.05, 4.69) is 107 Å². The van der Waals surface area contributed by atoms with Crippen LogP contribution in [0.1, 0.15) is 105 Å². The Morgan fingerprint density at radius 3 is 0.727 bits per heavy atom. The minimum Gasteiger partial charge on any atom is -0.448 e. The van der Waals surface area contributed by atoms with Crippen molar-refractivity contribution in [2.45, 2.75) is 105 Å². The maximum absolute atomic E-state index is 6.64. The summed E-state index contributed by atoms with van der Waals surface area (Å²) in [6.07, 6.45) is 0. The largest absolute Gasteiger partial charge is 0.967 e. The molecule has 0 aliphatic carbocycles. The van der Waals surface area contributed by atoms with Gasteiger partial charge in [0.25, 0.3) is 0 Å². The number of hydrogen-bond acceptors (Lipinski definition) is 4. The van der Waals surface area contributed by atoms with E-state index in [1.165, 1.54) is 0 Å². The molecule has 5 heteroatoms. The molecular formula is C28H40O4Si. The van der Waals surface area contributed by atoms with E-state index < -0.39 is 9.05 Å². The van der Waals surface area contributed by atoms with Crippen LogP contribution in [-0.2, 0) is 21.7 Å². The molecule has 2 aliphatic heterocycles. The third-order valence-corrected chi connectivity index (χ3v) is 8.18. The maximum atomic E-state index is 6.64. The van der Waals surface area contributed by atoms with E-state index in [9.17, 15) is 0 Å². The summed E-state index contributed by atoms with van der Waals surface area (Å²) in [5.74, 6) is 3.07. The standard InChI is InChI=1S/C28H40O4Si/c1-25(2,3)17-13-14-18(26(4,5)6)22-21(17)29-33(30-22)31-23-19(27(7,8)9)15-16-20(24(23)32-33)28(10,11)12/h13-16H,1-12H3. The first kappa shape index (κ1) is 24.0. The molecule has 0 N–H and O–H groups in total. The van der Waals surface area contributed by atoms with Crippen LogP contribution in [0.2, 0.25) is 0 Å². The van der Waals surface area contributed by atoms with Crippen LogP contribution in [0, 0.1) is 0 Å². The summed E-state index contributed by atoms with van der Waals surface area (Å²) in [5.41, 5.74) is 3.97. The van der Waals surface area contributed by atoms with Gasteiger partial charge in [0, 0.05) is 22.3 Å². The zero-order chi connectivity index (χ0) is 24.8.